The monoisotopic (exact) mass is 291 g/mol. The van der Waals surface area contributed by atoms with Crippen molar-refractivity contribution in [2.45, 2.75) is 12.8 Å². The van der Waals surface area contributed by atoms with Gasteiger partial charge in [-0.25, -0.2) is 0 Å². The molecule has 0 aromatic heterocycles. The minimum absolute atomic E-state index is 0.109. The lowest BCUT2D eigenvalue weighted by Crippen LogP contribution is -2.42. The van der Waals surface area contributed by atoms with Crippen molar-refractivity contribution >= 4 is 5.91 Å². The van der Waals surface area contributed by atoms with Crippen LogP contribution in [0.1, 0.15) is 12.0 Å². The first-order valence-corrected chi connectivity index (χ1v) is 7.45. The van der Waals surface area contributed by atoms with E-state index in [-0.39, 0.29) is 11.8 Å². The molecule has 3 rings (SSSR count). The zero-order valence-electron chi connectivity index (χ0n) is 12.3. The molecule has 0 N–H and O–H groups in total. The molecule has 0 aliphatic carbocycles. The molecule has 1 atom stereocenters. The van der Waals surface area contributed by atoms with Gasteiger partial charge >= 0.3 is 0 Å². The van der Waals surface area contributed by atoms with Crippen molar-refractivity contribution in [3.8, 4) is 11.5 Å². The average Bonchev–Trinajstić information content (AvgIpc) is 2.82. The predicted octanol–water partition coefficient (Wildman–Crippen LogP) is 1.50. The van der Waals surface area contributed by atoms with E-state index in [4.69, 9.17) is 14.2 Å². The largest absolute Gasteiger partial charge is 0.493 e. The minimum atomic E-state index is -0.109. The van der Waals surface area contributed by atoms with Crippen LogP contribution < -0.4 is 9.47 Å². The molecule has 2 heterocycles. The number of rotatable bonds is 2. The van der Waals surface area contributed by atoms with Crippen LogP contribution in [0, 0.1) is 5.92 Å². The third-order valence-corrected chi connectivity index (χ3v) is 4.06. The molecule has 1 aromatic carbocycles. The van der Waals surface area contributed by atoms with E-state index in [1.807, 2.05) is 23.1 Å². The summed E-state index contributed by atoms with van der Waals surface area (Å²) in [6.07, 6.45) is 1.62. The molecule has 0 radical (unpaired) electrons. The van der Waals surface area contributed by atoms with E-state index in [9.17, 15) is 4.79 Å². The van der Waals surface area contributed by atoms with Gasteiger partial charge in [0.1, 0.15) is 6.61 Å². The third-order valence-electron chi connectivity index (χ3n) is 4.06. The van der Waals surface area contributed by atoms with E-state index in [1.54, 1.807) is 7.11 Å². The van der Waals surface area contributed by atoms with Gasteiger partial charge in [-0.05, 0) is 24.5 Å². The highest BCUT2D eigenvalue weighted by Crippen LogP contribution is 2.36. The summed E-state index contributed by atoms with van der Waals surface area (Å²) in [5.41, 5.74) is 1.05. The topological polar surface area (TPSA) is 48.0 Å². The van der Waals surface area contributed by atoms with Gasteiger partial charge < -0.3 is 19.1 Å². The number of hydrogen-bond acceptors (Lipinski definition) is 4. The number of para-hydroxylation sites is 1. The molecule has 0 bridgehead atoms. The van der Waals surface area contributed by atoms with Crippen LogP contribution in [0.2, 0.25) is 0 Å². The molecule has 114 valence electrons. The van der Waals surface area contributed by atoms with E-state index in [2.05, 4.69) is 0 Å². The Labute approximate surface area is 124 Å². The lowest BCUT2D eigenvalue weighted by Gasteiger charge is -2.30. The van der Waals surface area contributed by atoms with Crippen molar-refractivity contribution in [2.75, 3.05) is 40.0 Å². The van der Waals surface area contributed by atoms with Gasteiger partial charge in [0.15, 0.2) is 11.5 Å². The standard InChI is InChI=1S/C16H21NO4/c1-19-14-5-2-4-12-10-13(11-21-15(12)14)16(18)17-6-3-8-20-9-7-17/h2,4-5,13H,3,6-11H2,1H3/t13-/m1/s1. The van der Waals surface area contributed by atoms with E-state index >= 15 is 0 Å². The highest BCUT2D eigenvalue weighted by Gasteiger charge is 2.31. The summed E-state index contributed by atoms with van der Waals surface area (Å²) in [7, 11) is 1.63. The SMILES string of the molecule is COc1cccc2c1OC[C@H](C(=O)N1CCCOCC1)C2. The molecule has 2 aliphatic rings. The molecule has 1 amide bonds. The first-order valence-electron chi connectivity index (χ1n) is 7.45. The maximum atomic E-state index is 12.6. The minimum Gasteiger partial charge on any atom is -0.493 e. The second-order valence-electron chi connectivity index (χ2n) is 5.45. The Balaban J connectivity index is 1.72. The molecule has 1 aromatic rings. The second-order valence-corrected chi connectivity index (χ2v) is 5.45. The van der Waals surface area contributed by atoms with Crippen molar-refractivity contribution in [2.24, 2.45) is 5.92 Å². The van der Waals surface area contributed by atoms with Gasteiger partial charge in [-0.15, -0.1) is 0 Å². The number of amides is 1. The highest BCUT2D eigenvalue weighted by atomic mass is 16.5. The number of nitrogens with zero attached hydrogens (tertiary/aromatic N) is 1. The number of methoxy groups -OCH3 is 1. The molecule has 1 saturated heterocycles. The van der Waals surface area contributed by atoms with Crippen LogP contribution >= 0.6 is 0 Å². The van der Waals surface area contributed by atoms with Crippen LogP contribution in [0.5, 0.6) is 11.5 Å². The van der Waals surface area contributed by atoms with Crippen LogP contribution in [-0.4, -0.2) is 50.8 Å². The summed E-state index contributed by atoms with van der Waals surface area (Å²) in [5.74, 6) is 1.58. The van der Waals surface area contributed by atoms with Crippen LogP contribution in [0.25, 0.3) is 0 Å². The molecule has 0 spiro atoms. The van der Waals surface area contributed by atoms with Gasteiger partial charge in [-0.3, -0.25) is 4.79 Å². The van der Waals surface area contributed by atoms with Crippen LogP contribution in [0.4, 0.5) is 0 Å². The summed E-state index contributed by atoms with van der Waals surface area (Å²) in [4.78, 5) is 14.5. The molecule has 0 unspecified atom stereocenters. The first-order chi connectivity index (χ1) is 10.3. The molecule has 0 saturated carbocycles. The molecular weight excluding hydrogens is 270 g/mol. The van der Waals surface area contributed by atoms with E-state index in [0.717, 1.165) is 36.6 Å². The van der Waals surface area contributed by atoms with Crippen molar-refractivity contribution in [1.29, 1.82) is 0 Å². The van der Waals surface area contributed by atoms with Gasteiger partial charge in [-0.2, -0.15) is 0 Å². The number of carbonyl (C=O) groups is 1. The zero-order valence-corrected chi connectivity index (χ0v) is 12.3. The Kier molecular flexibility index (Phi) is 4.29. The van der Waals surface area contributed by atoms with Gasteiger partial charge in [0.25, 0.3) is 0 Å². The Morgan fingerprint density at radius 2 is 2.24 bits per heavy atom. The molecule has 21 heavy (non-hydrogen) atoms. The number of carbonyl (C=O) groups excluding carboxylic acids is 1. The molecular formula is C16H21NO4. The lowest BCUT2D eigenvalue weighted by molar-refractivity contribution is -0.137. The number of hydrogen-bond donors (Lipinski definition) is 0. The predicted molar refractivity (Wildman–Crippen MR) is 77.7 cm³/mol. The smallest absolute Gasteiger partial charge is 0.229 e. The van der Waals surface area contributed by atoms with Gasteiger partial charge in [0.2, 0.25) is 5.91 Å². The second kappa shape index (κ2) is 6.35. The summed E-state index contributed by atoms with van der Waals surface area (Å²) >= 11 is 0. The van der Waals surface area contributed by atoms with E-state index < -0.39 is 0 Å². The fourth-order valence-electron chi connectivity index (χ4n) is 2.94. The molecule has 5 nitrogen and oxygen atoms in total. The Hall–Kier alpha value is -1.75. The average molecular weight is 291 g/mol. The van der Waals surface area contributed by atoms with Gasteiger partial charge in [-0.1, -0.05) is 12.1 Å². The van der Waals surface area contributed by atoms with Crippen molar-refractivity contribution in [3.05, 3.63) is 23.8 Å². The summed E-state index contributed by atoms with van der Waals surface area (Å²) in [5, 5.41) is 0. The van der Waals surface area contributed by atoms with Crippen molar-refractivity contribution in [1.82, 2.24) is 4.90 Å². The Morgan fingerprint density at radius 3 is 3.10 bits per heavy atom. The third kappa shape index (κ3) is 2.97. The summed E-state index contributed by atoms with van der Waals surface area (Å²) < 4.78 is 16.5. The van der Waals surface area contributed by atoms with Crippen molar-refractivity contribution < 1.29 is 19.0 Å². The fraction of sp³-hybridized carbons (Fsp3) is 0.562. The van der Waals surface area contributed by atoms with Crippen LogP contribution in [0.3, 0.4) is 0 Å². The molecule has 1 fully saturated rings. The van der Waals surface area contributed by atoms with Crippen molar-refractivity contribution in [3.63, 3.8) is 0 Å². The zero-order chi connectivity index (χ0) is 14.7. The van der Waals surface area contributed by atoms with E-state index in [1.165, 1.54) is 0 Å². The molecule has 2 aliphatic heterocycles. The first kappa shape index (κ1) is 14.2. The Morgan fingerprint density at radius 1 is 1.33 bits per heavy atom. The fourth-order valence-corrected chi connectivity index (χ4v) is 2.94. The highest BCUT2D eigenvalue weighted by molar-refractivity contribution is 5.80. The van der Waals surface area contributed by atoms with Crippen LogP contribution in [-0.2, 0) is 16.0 Å². The van der Waals surface area contributed by atoms with Gasteiger partial charge in [0.05, 0.1) is 19.6 Å². The number of fused-ring (bicyclic) bond motifs is 1. The van der Waals surface area contributed by atoms with E-state index in [0.29, 0.717) is 26.2 Å². The van der Waals surface area contributed by atoms with Crippen LogP contribution in [0.15, 0.2) is 18.2 Å². The number of benzene rings is 1. The molecule has 5 heteroatoms. The summed E-state index contributed by atoms with van der Waals surface area (Å²) in [6, 6.07) is 5.82. The summed E-state index contributed by atoms with van der Waals surface area (Å²) in [6.45, 7) is 3.25. The maximum Gasteiger partial charge on any atom is 0.229 e. The number of ether oxygens (including phenoxy) is 3. The normalized spacial score (nSPS) is 22.0. The van der Waals surface area contributed by atoms with Gasteiger partial charge in [0, 0.05) is 19.7 Å². The quantitative estimate of drug-likeness (QED) is 0.828. The lowest BCUT2D eigenvalue weighted by atomic mass is 9.95. The Bertz CT molecular complexity index is 509. The maximum absolute atomic E-state index is 12.6.